The fourth-order valence-electron chi connectivity index (χ4n) is 2.44. The van der Waals surface area contributed by atoms with Gasteiger partial charge in [0.25, 0.3) is 0 Å². The van der Waals surface area contributed by atoms with Gasteiger partial charge in [-0.1, -0.05) is 19.1 Å². The minimum absolute atomic E-state index is 0.0349. The molecule has 1 N–H and O–H groups in total. The highest BCUT2D eigenvalue weighted by molar-refractivity contribution is 5.96. The van der Waals surface area contributed by atoms with Crippen molar-refractivity contribution in [3.63, 3.8) is 0 Å². The summed E-state index contributed by atoms with van der Waals surface area (Å²) in [5.74, 6) is 0.664. The molecule has 0 saturated carbocycles. The third-order valence-corrected chi connectivity index (χ3v) is 3.59. The molecule has 2 unspecified atom stereocenters. The van der Waals surface area contributed by atoms with Crippen LogP contribution in [0.5, 0.6) is 5.75 Å². The molecule has 20 heavy (non-hydrogen) atoms. The van der Waals surface area contributed by atoms with Crippen molar-refractivity contribution in [2.45, 2.75) is 38.9 Å². The molecule has 108 valence electrons. The Hall–Kier alpha value is -2.04. The first-order valence-corrected chi connectivity index (χ1v) is 6.80. The van der Waals surface area contributed by atoms with E-state index in [1.807, 2.05) is 31.2 Å². The molecule has 5 nitrogen and oxygen atoms in total. The van der Waals surface area contributed by atoms with Gasteiger partial charge in [-0.15, -0.1) is 0 Å². The highest BCUT2D eigenvalue weighted by atomic mass is 16.5. The number of carbonyl (C=O) groups is 2. The topological polar surface area (TPSA) is 58.6 Å². The Balaban J connectivity index is 2.18. The first-order chi connectivity index (χ1) is 9.56. The van der Waals surface area contributed by atoms with Crippen molar-refractivity contribution < 1.29 is 14.3 Å². The lowest BCUT2D eigenvalue weighted by Gasteiger charge is -2.37. The molecule has 5 heteroatoms. The second kappa shape index (κ2) is 5.94. The smallest absolute Gasteiger partial charge is 0.245 e. The van der Waals surface area contributed by atoms with Crippen molar-refractivity contribution in [3.8, 4) is 5.75 Å². The highest BCUT2D eigenvalue weighted by Crippen LogP contribution is 2.18. The van der Waals surface area contributed by atoms with Crippen LogP contribution in [0.25, 0.3) is 0 Å². The Morgan fingerprint density at radius 2 is 1.90 bits per heavy atom. The molecule has 1 fully saturated rings. The molecule has 1 aliphatic rings. The Labute approximate surface area is 118 Å². The molecule has 1 heterocycles. The largest absolute Gasteiger partial charge is 0.497 e. The summed E-state index contributed by atoms with van der Waals surface area (Å²) < 4.78 is 5.11. The maximum atomic E-state index is 12.3. The number of piperazine rings is 1. The number of benzene rings is 1. The van der Waals surface area contributed by atoms with Crippen LogP contribution >= 0.6 is 0 Å². The summed E-state index contributed by atoms with van der Waals surface area (Å²) >= 11 is 0. The molecule has 0 spiro atoms. The number of ether oxygens (including phenoxy) is 1. The fourth-order valence-corrected chi connectivity index (χ4v) is 2.44. The monoisotopic (exact) mass is 276 g/mol. The number of nitrogens with zero attached hydrogens (tertiary/aromatic N) is 1. The number of amides is 2. The summed E-state index contributed by atoms with van der Waals surface area (Å²) in [6.45, 7) is 4.07. The van der Waals surface area contributed by atoms with Gasteiger partial charge >= 0.3 is 0 Å². The molecule has 0 aliphatic carbocycles. The molecule has 1 aliphatic heterocycles. The van der Waals surface area contributed by atoms with Crippen LogP contribution in [0.15, 0.2) is 24.3 Å². The van der Waals surface area contributed by atoms with Crippen LogP contribution in [0.3, 0.4) is 0 Å². The van der Waals surface area contributed by atoms with E-state index < -0.39 is 6.04 Å². The van der Waals surface area contributed by atoms with E-state index in [1.54, 1.807) is 18.9 Å². The van der Waals surface area contributed by atoms with E-state index in [0.717, 1.165) is 11.3 Å². The van der Waals surface area contributed by atoms with Gasteiger partial charge in [-0.05, 0) is 31.0 Å². The number of nitrogens with one attached hydrogen (secondary N) is 1. The zero-order valence-corrected chi connectivity index (χ0v) is 12.1. The summed E-state index contributed by atoms with van der Waals surface area (Å²) in [5, 5.41) is 2.71. The Morgan fingerprint density at radius 3 is 2.45 bits per heavy atom. The fraction of sp³-hybridized carbons (Fsp3) is 0.467. The Kier molecular flexibility index (Phi) is 4.27. The van der Waals surface area contributed by atoms with Crippen molar-refractivity contribution in [2.75, 3.05) is 7.11 Å². The molecule has 2 rings (SSSR count). The summed E-state index contributed by atoms with van der Waals surface area (Å²) in [6, 6.07) is 6.69. The van der Waals surface area contributed by atoms with Crippen LogP contribution in [0, 0.1) is 0 Å². The summed E-state index contributed by atoms with van der Waals surface area (Å²) in [5.41, 5.74) is 0.986. The van der Waals surface area contributed by atoms with E-state index in [4.69, 9.17) is 4.74 Å². The normalized spacial score (nSPS) is 22.6. The molecule has 1 aromatic carbocycles. The van der Waals surface area contributed by atoms with E-state index in [1.165, 1.54) is 0 Å². The number of carbonyl (C=O) groups excluding carboxylic acids is 2. The van der Waals surface area contributed by atoms with Gasteiger partial charge in [0, 0.05) is 6.54 Å². The van der Waals surface area contributed by atoms with Gasteiger partial charge < -0.3 is 15.0 Å². The number of rotatable bonds is 4. The van der Waals surface area contributed by atoms with Gasteiger partial charge in [0.05, 0.1) is 7.11 Å². The molecular formula is C15H20N2O3. The molecule has 0 aromatic heterocycles. The second-order valence-electron chi connectivity index (χ2n) is 4.97. The summed E-state index contributed by atoms with van der Waals surface area (Å²) in [6.07, 6.45) is 0.612. The standard InChI is InChI=1S/C15H20N2O3/c1-4-13-14(18)16-10(2)15(19)17(13)9-11-5-7-12(20-3)8-6-11/h5-8,10,13H,4,9H2,1-3H3,(H,16,18). The first kappa shape index (κ1) is 14.4. The SMILES string of the molecule is CCC1C(=O)NC(C)C(=O)N1Cc1ccc(OC)cc1. The first-order valence-electron chi connectivity index (χ1n) is 6.80. The van der Waals surface area contributed by atoms with E-state index in [9.17, 15) is 9.59 Å². The lowest BCUT2D eigenvalue weighted by Crippen LogP contribution is -2.61. The maximum absolute atomic E-state index is 12.3. The molecule has 0 bridgehead atoms. The predicted molar refractivity (Wildman–Crippen MR) is 75.2 cm³/mol. The van der Waals surface area contributed by atoms with Gasteiger partial charge in [0.1, 0.15) is 17.8 Å². The number of hydrogen-bond acceptors (Lipinski definition) is 3. The predicted octanol–water partition coefficient (Wildman–Crippen LogP) is 1.32. The van der Waals surface area contributed by atoms with Crippen LogP contribution in [0.2, 0.25) is 0 Å². The molecule has 1 aromatic rings. The molecule has 2 atom stereocenters. The second-order valence-corrected chi connectivity index (χ2v) is 4.97. The Morgan fingerprint density at radius 1 is 1.25 bits per heavy atom. The van der Waals surface area contributed by atoms with E-state index in [-0.39, 0.29) is 17.9 Å². The van der Waals surface area contributed by atoms with E-state index >= 15 is 0 Å². The van der Waals surface area contributed by atoms with Crippen molar-refractivity contribution in [1.82, 2.24) is 10.2 Å². The molecule has 1 saturated heterocycles. The molecular weight excluding hydrogens is 256 g/mol. The van der Waals surface area contributed by atoms with Crippen molar-refractivity contribution in [2.24, 2.45) is 0 Å². The third-order valence-electron chi connectivity index (χ3n) is 3.59. The Bertz CT molecular complexity index is 498. The quantitative estimate of drug-likeness (QED) is 0.902. The van der Waals surface area contributed by atoms with Crippen molar-refractivity contribution >= 4 is 11.8 Å². The van der Waals surface area contributed by atoms with Crippen LogP contribution in [-0.2, 0) is 16.1 Å². The van der Waals surface area contributed by atoms with Gasteiger partial charge in [-0.2, -0.15) is 0 Å². The van der Waals surface area contributed by atoms with Crippen LogP contribution in [0.4, 0.5) is 0 Å². The zero-order valence-electron chi connectivity index (χ0n) is 12.1. The molecule has 0 radical (unpaired) electrons. The van der Waals surface area contributed by atoms with E-state index in [0.29, 0.717) is 13.0 Å². The maximum Gasteiger partial charge on any atom is 0.245 e. The number of methoxy groups -OCH3 is 1. The lowest BCUT2D eigenvalue weighted by molar-refractivity contribution is -0.149. The average Bonchev–Trinajstić information content (AvgIpc) is 2.45. The van der Waals surface area contributed by atoms with Crippen LogP contribution in [0.1, 0.15) is 25.8 Å². The third kappa shape index (κ3) is 2.76. The van der Waals surface area contributed by atoms with Crippen molar-refractivity contribution in [1.29, 1.82) is 0 Å². The highest BCUT2D eigenvalue weighted by Gasteiger charge is 2.37. The zero-order chi connectivity index (χ0) is 14.7. The van der Waals surface area contributed by atoms with Gasteiger partial charge in [-0.25, -0.2) is 0 Å². The minimum atomic E-state index is -0.455. The van der Waals surface area contributed by atoms with Crippen molar-refractivity contribution in [3.05, 3.63) is 29.8 Å². The van der Waals surface area contributed by atoms with Crippen LogP contribution in [-0.4, -0.2) is 35.9 Å². The average molecular weight is 276 g/mol. The van der Waals surface area contributed by atoms with Gasteiger partial charge in [0.2, 0.25) is 11.8 Å². The molecule has 2 amide bonds. The summed E-state index contributed by atoms with van der Waals surface area (Å²) in [4.78, 5) is 25.9. The number of hydrogen-bond donors (Lipinski definition) is 1. The van der Waals surface area contributed by atoms with Crippen LogP contribution < -0.4 is 10.1 Å². The minimum Gasteiger partial charge on any atom is -0.497 e. The van der Waals surface area contributed by atoms with E-state index in [2.05, 4.69) is 5.32 Å². The lowest BCUT2D eigenvalue weighted by atomic mass is 10.0. The summed E-state index contributed by atoms with van der Waals surface area (Å²) in [7, 11) is 1.61. The van der Waals surface area contributed by atoms with Gasteiger partial charge in [-0.3, -0.25) is 9.59 Å². The van der Waals surface area contributed by atoms with Gasteiger partial charge in [0.15, 0.2) is 0 Å².